The van der Waals surface area contributed by atoms with Crippen LogP contribution in [0.25, 0.3) is 26.7 Å². The van der Waals surface area contributed by atoms with Crippen molar-refractivity contribution in [2.24, 2.45) is 5.73 Å². The van der Waals surface area contributed by atoms with Crippen molar-refractivity contribution >= 4 is 39.5 Å². The van der Waals surface area contributed by atoms with Crippen molar-refractivity contribution in [3.05, 3.63) is 70.5 Å². The molecule has 0 fully saturated rings. The van der Waals surface area contributed by atoms with Gasteiger partial charge in [-0.1, -0.05) is 64.9 Å². The molecule has 120 valence electrons. The molecule has 0 atom stereocenters. The lowest BCUT2D eigenvalue weighted by Gasteiger charge is -2.05. The number of fused-ring (bicyclic) bond motifs is 1. The van der Waals surface area contributed by atoms with E-state index in [-0.39, 0.29) is 0 Å². The molecule has 0 radical (unpaired) electrons. The van der Waals surface area contributed by atoms with Crippen LogP contribution in [0, 0.1) is 0 Å². The summed E-state index contributed by atoms with van der Waals surface area (Å²) in [6.07, 6.45) is 2.08. The van der Waals surface area contributed by atoms with Gasteiger partial charge in [0, 0.05) is 23.3 Å². The number of imidazole rings is 1. The number of aromatic nitrogens is 2. The third-order valence-corrected chi connectivity index (χ3v) is 5.44. The van der Waals surface area contributed by atoms with Crippen LogP contribution in [0.3, 0.4) is 0 Å². The first-order valence-electron chi connectivity index (χ1n) is 7.39. The van der Waals surface area contributed by atoms with Crippen LogP contribution in [0.5, 0.6) is 0 Å². The maximum Gasteiger partial charge on any atom is 0.195 e. The van der Waals surface area contributed by atoms with Gasteiger partial charge in [0.25, 0.3) is 0 Å². The number of nitrogens with zero attached hydrogens (tertiary/aromatic N) is 2. The summed E-state index contributed by atoms with van der Waals surface area (Å²) in [6.45, 7) is 0.375. The zero-order valence-electron chi connectivity index (χ0n) is 12.5. The molecular formula is C18H13Cl2N3S. The molecule has 0 bridgehead atoms. The van der Waals surface area contributed by atoms with E-state index < -0.39 is 0 Å². The molecule has 0 aliphatic rings. The van der Waals surface area contributed by atoms with Crippen molar-refractivity contribution in [1.82, 2.24) is 9.38 Å². The number of hydrogen-bond donors (Lipinski definition) is 1. The zero-order chi connectivity index (χ0) is 16.7. The van der Waals surface area contributed by atoms with E-state index in [9.17, 15) is 0 Å². The largest absolute Gasteiger partial charge is 0.325 e. The van der Waals surface area contributed by atoms with Crippen molar-refractivity contribution in [3.63, 3.8) is 0 Å². The molecule has 2 aromatic carbocycles. The van der Waals surface area contributed by atoms with Gasteiger partial charge in [0.05, 0.1) is 21.3 Å². The number of thiazole rings is 1. The molecule has 0 aliphatic heterocycles. The van der Waals surface area contributed by atoms with E-state index in [4.69, 9.17) is 33.9 Å². The second-order valence-corrected chi connectivity index (χ2v) is 7.20. The highest BCUT2D eigenvalue weighted by molar-refractivity contribution is 7.20. The summed E-state index contributed by atoms with van der Waals surface area (Å²) in [7, 11) is 0. The average molecular weight is 374 g/mol. The van der Waals surface area contributed by atoms with Crippen molar-refractivity contribution in [1.29, 1.82) is 0 Å². The smallest absolute Gasteiger partial charge is 0.195 e. The van der Waals surface area contributed by atoms with Crippen molar-refractivity contribution in [3.8, 4) is 21.7 Å². The van der Waals surface area contributed by atoms with Crippen molar-refractivity contribution < 1.29 is 0 Å². The predicted molar refractivity (Wildman–Crippen MR) is 102 cm³/mol. The highest BCUT2D eigenvalue weighted by Gasteiger charge is 2.18. The summed E-state index contributed by atoms with van der Waals surface area (Å²) in [5.74, 6) is 0. The Morgan fingerprint density at radius 1 is 1.08 bits per heavy atom. The van der Waals surface area contributed by atoms with Crippen LogP contribution in [-0.2, 0) is 6.54 Å². The molecular weight excluding hydrogens is 361 g/mol. The van der Waals surface area contributed by atoms with Crippen LogP contribution < -0.4 is 5.73 Å². The molecule has 2 heterocycles. The Morgan fingerprint density at radius 2 is 1.88 bits per heavy atom. The summed E-state index contributed by atoms with van der Waals surface area (Å²) in [4.78, 5) is 6.82. The summed E-state index contributed by atoms with van der Waals surface area (Å²) >= 11 is 14.0. The normalized spacial score (nSPS) is 11.3. The Bertz CT molecular complexity index is 1020. The third-order valence-electron chi connectivity index (χ3n) is 3.86. The van der Waals surface area contributed by atoms with Gasteiger partial charge in [0.1, 0.15) is 0 Å². The van der Waals surface area contributed by atoms with Gasteiger partial charge in [0.2, 0.25) is 0 Å². The fourth-order valence-electron chi connectivity index (χ4n) is 2.72. The minimum Gasteiger partial charge on any atom is -0.325 e. The quantitative estimate of drug-likeness (QED) is 0.515. The van der Waals surface area contributed by atoms with Crippen LogP contribution in [-0.4, -0.2) is 9.38 Å². The predicted octanol–water partition coefficient (Wildman–Crippen LogP) is 5.50. The van der Waals surface area contributed by atoms with Gasteiger partial charge in [-0.3, -0.25) is 4.40 Å². The maximum atomic E-state index is 6.34. The van der Waals surface area contributed by atoms with E-state index in [1.165, 1.54) is 5.56 Å². The lowest BCUT2D eigenvalue weighted by atomic mass is 10.1. The Balaban J connectivity index is 1.88. The molecule has 3 nitrogen and oxygen atoms in total. The fraction of sp³-hybridized carbons (Fsp3) is 0.0556. The minimum atomic E-state index is 0.375. The van der Waals surface area contributed by atoms with Crippen molar-refractivity contribution in [2.75, 3.05) is 0 Å². The van der Waals surface area contributed by atoms with Crippen LogP contribution in [0.1, 0.15) is 5.69 Å². The first-order chi connectivity index (χ1) is 11.7. The molecule has 24 heavy (non-hydrogen) atoms. The van der Waals surface area contributed by atoms with E-state index in [1.807, 2.05) is 34.7 Å². The molecule has 0 aliphatic carbocycles. The molecule has 2 N–H and O–H groups in total. The summed E-state index contributed by atoms with van der Waals surface area (Å²) in [5, 5.41) is 1.18. The van der Waals surface area contributed by atoms with Gasteiger partial charge >= 0.3 is 0 Å². The van der Waals surface area contributed by atoms with Crippen LogP contribution >= 0.6 is 34.5 Å². The van der Waals surface area contributed by atoms with Gasteiger partial charge in [-0.05, 0) is 23.8 Å². The average Bonchev–Trinajstić information content (AvgIpc) is 3.13. The Morgan fingerprint density at radius 3 is 2.58 bits per heavy atom. The summed E-state index contributed by atoms with van der Waals surface area (Å²) in [6, 6.07) is 15.7. The third kappa shape index (κ3) is 2.62. The van der Waals surface area contributed by atoms with E-state index in [1.54, 1.807) is 17.4 Å². The SMILES string of the molecule is NCc1c(-c2ccc(Cl)cc2Cl)nc2sc(-c3ccccc3)cn12. The summed E-state index contributed by atoms with van der Waals surface area (Å²) in [5.41, 5.74) is 9.76. The molecule has 0 spiro atoms. The van der Waals surface area contributed by atoms with Gasteiger partial charge < -0.3 is 5.73 Å². The monoisotopic (exact) mass is 373 g/mol. The second-order valence-electron chi connectivity index (χ2n) is 5.35. The van der Waals surface area contributed by atoms with Gasteiger partial charge in [-0.25, -0.2) is 4.98 Å². The Kier molecular flexibility index (Phi) is 4.06. The van der Waals surface area contributed by atoms with Crippen LogP contribution in [0.4, 0.5) is 0 Å². The topological polar surface area (TPSA) is 43.3 Å². The molecule has 0 saturated heterocycles. The standard InChI is InChI=1S/C18H13Cl2N3S/c19-12-6-7-13(14(20)8-12)17-15(9-21)23-10-16(24-18(23)22-17)11-4-2-1-3-5-11/h1-8,10H,9,21H2. The summed E-state index contributed by atoms with van der Waals surface area (Å²) < 4.78 is 2.05. The maximum absolute atomic E-state index is 6.34. The molecule has 4 aromatic rings. The number of rotatable bonds is 3. The number of halogens is 2. The number of benzene rings is 2. The lowest BCUT2D eigenvalue weighted by molar-refractivity contribution is 0.970. The Hall–Kier alpha value is -1.85. The molecule has 0 amide bonds. The Labute approximate surface area is 153 Å². The lowest BCUT2D eigenvalue weighted by Crippen LogP contribution is -2.01. The highest BCUT2D eigenvalue weighted by Crippen LogP contribution is 2.36. The molecule has 0 unspecified atom stereocenters. The van der Waals surface area contributed by atoms with Gasteiger partial charge in [0.15, 0.2) is 4.96 Å². The van der Waals surface area contributed by atoms with Crippen molar-refractivity contribution in [2.45, 2.75) is 6.54 Å². The number of nitrogens with two attached hydrogens (primary N) is 1. The van der Waals surface area contributed by atoms with E-state index in [2.05, 4.69) is 18.3 Å². The molecule has 2 aromatic heterocycles. The van der Waals surface area contributed by atoms with Gasteiger partial charge in [-0.15, -0.1) is 0 Å². The van der Waals surface area contributed by atoms with E-state index in [0.29, 0.717) is 16.6 Å². The highest BCUT2D eigenvalue weighted by atomic mass is 35.5. The van der Waals surface area contributed by atoms with Crippen LogP contribution in [0.2, 0.25) is 10.0 Å². The molecule has 4 rings (SSSR count). The van der Waals surface area contributed by atoms with E-state index in [0.717, 1.165) is 26.8 Å². The number of hydrogen-bond acceptors (Lipinski definition) is 3. The molecule has 0 saturated carbocycles. The van der Waals surface area contributed by atoms with E-state index >= 15 is 0 Å². The first-order valence-corrected chi connectivity index (χ1v) is 8.96. The van der Waals surface area contributed by atoms with Crippen LogP contribution in [0.15, 0.2) is 54.7 Å². The minimum absolute atomic E-state index is 0.375. The van der Waals surface area contributed by atoms with Gasteiger partial charge in [-0.2, -0.15) is 0 Å². The zero-order valence-corrected chi connectivity index (χ0v) is 14.9. The fourth-order valence-corrected chi connectivity index (χ4v) is 4.22. The first kappa shape index (κ1) is 15.7. The second kappa shape index (κ2) is 6.22. The molecule has 6 heteroatoms.